The van der Waals surface area contributed by atoms with Crippen molar-refractivity contribution in [2.24, 2.45) is 0 Å². The molecule has 3 heteroatoms. The van der Waals surface area contributed by atoms with Gasteiger partial charge in [-0.3, -0.25) is 0 Å². The lowest BCUT2D eigenvalue weighted by atomic mass is 10.2. The van der Waals surface area contributed by atoms with Crippen molar-refractivity contribution in [1.29, 1.82) is 0 Å². The number of hydrogen-bond acceptors (Lipinski definition) is 3. The van der Waals surface area contributed by atoms with Crippen LogP contribution in [0.3, 0.4) is 0 Å². The number of para-hydroxylation sites is 1. The number of hydrogen-bond donors (Lipinski definition) is 2. The molecular formula is C17H25N3. The first kappa shape index (κ1) is 14.6. The third-order valence-corrected chi connectivity index (χ3v) is 3.39. The van der Waals surface area contributed by atoms with E-state index in [-0.39, 0.29) is 0 Å². The first-order valence-electron chi connectivity index (χ1n) is 7.72. The number of nitrogens with zero attached hydrogens (tertiary/aromatic N) is 1. The summed E-state index contributed by atoms with van der Waals surface area (Å²) in [5.74, 6) is 0.980. The van der Waals surface area contributed by atoms with E-state index < -0.39 is 0 Å². The Morgan fingerprint density at radius 3 is 2.40 bits per heavy atom. The molecule has 2 aromatic rings. The maximum absolute atomic E-state index is 4.75. The molecular weight excluding hydrogens is 246 g/mol. The zero-order valence-electron chi connectivity index (χ0n) is 12.6. The number of aromatic nitrogens is 1. The molecule has 0 radical (unpaired) electrons. The molecule has 0 saturated heterocycles. The van der Waals surface area contributed by atoms with Crippen molar-refractivity contribution >= 4 is 22.4 Å². The summed E-state index contributed by atoms with van der Waals surface area (Å²) in [4.78, 5) is 4.75. The number of rotatable bonds is 8. The molecule has 0 bridgehead atoms. The lowest BCUT2D eigenvalue weighted by Crippen LogP contribution is -2.09. The van der Waals surface area contributed by atoms with Crippen LogP contribution in [-0.4, -0.2) is 18.1 Å². The predicted octanol–water partition coefficient (Wildman–Crippen LogP) is 4.66. The quantitative estimate of drug-likeness (QED) is 0.686. The van der Waals surface area contributed by atoms with Crippen LogP contribution >= 0.6 is 0 Å². The second kappa shape index (κ2) is 7.73. The zero-order valence-corrected chi connectivity index (χ0v) is 12.6. The first-order valence-corrected chi connectivity index (χ1v) is 7.72. The van der Waals surface area contributed by atoms with Gasteiger partial charge in [0.25, 0.3) is 0 Å². The van der Waals surface area contributed by atoms with Crippen LogP contribution in [-0.2, 0) is 0 Å². The van der Waals surface area contributed by atoms with Gasteiger partial charge in [0.2, 0.25) is 0 Å². The molecule has 0 unspecified atom stereocenters. The summed E-state index contributed by atoms with van der Waals surface area (Å²) in [6, 6.07) is 10.5. The number of unbranched alkanes of at least 4 members (excludes halogenated alkanes) is 2. The molecule has 20 heavy (non-hydrogen) atoms. The molecule has 0 saturated carbocycles. The van der Waals surface area contributed by atoms with Gasteiger partial charge >= 0.3 is 0 Å². The van der Waals surface area contributed by atoms with Gasteiger partial charge in [-0.25, -0.2) is 4.98 Å². The molecule has 0 aliphatic heterocycles. The van der Waals surface area contributed by atoms with E-state index in [1.807, 2.05) is 6.07 Å². The summed E-state index contributed by atoms with van der Waals surface area (Å²) in [7, 11) is 0. The smallest absolute Gasteiger partial charge is 0.150 e. The number of fused-ring (bicyclic) bond motifs is 1. The molecule has 1 aromatic heterocycles. The predicted molar refractivity (Wildman–Crippen MR) is 88.5 cm³/mol. The highest BCUT2D eigenvalue weighted by Gasteiger charge is 2.05. The second-order valence-corrected chi connectivity index (χ2v) is 5.14. The van der Waals surface area contributed by atoms with Crippen molar-refractivity contribution < 1.29 is 0 Å². The third kappa shape index (κ3) is 3.86. The van der Waals surface area contributed by atoms with Gasteiger partial charge in [0.05, 0.1) is 11.2 Å². The van der Waals surface area contributed by atoms with Crippen molar-refractivity contribution in [3.8, 4) is 0 Å². The van der Waals surface area contributed by atoms with Crippen LogP contribution in [0.1, 0.15) is 39.5 Å². The highest BCUT2D eigenvalue weighted by atomic mass is 15.0. The van der Waals surface area contributed by atoms with Crippen molar-refractivity contribution in [3.63, 3.8) is 0 Å². The number of nitrogens with one attached hydrogen (secondary N) is 2. The maximum Gasteiger partial charge on any atom is 0.150 e. The molecule has 1 aromatic carbocycles. The molecule has 0 amide bonds. The Bertz CT molecular complexity index is 488. The van der Waals surface area contributed by atoms with Gasteiger partial charge < -0.3 is 10.6 Å². The van der Waals surface area contributed by atoms with Gasteiger partial charge in [0, 0.05) is 18.5 Å². The van der Waals surface area contributed by atoms with Gasteiger partial charge in [-0.1, -0.05) is 44.9 Å². The van der Waals surface area contributed by atoms with E-state index in [4.69, 9.17) is 4.98 Å². The lowest BCUT2D eigenvalue weighted by Gasteiger charge is -2.14. The number of anilines is 2. The Morgan fingerprint density at radius 1 is 0.950 bits per heavy atom. The van der Waals surface area contributed by atoms with Gasteiger partial charge in [-0.05, 0) is 25.0 Å². The minimum Gasteiger partial charge on any atom is -0.382 e. The largest absolute Gasteiger partial charge is 0.382 e. The van der Waals surface area contributed by atoms with Crippen LogP contribution in [0.5, 0.6) is 0 Å². The fraction of sp³-hybridized carbons (Fsp3) is 0.471. The number of benzene rings is 1. The minimum absolute atomic E-state index is 0.976. The van der Waals surface area contributed by atoms with Gasteiger partial charge in [-0.15, -0.1) is 0 Å². The molecule has 1 heterocycles. The van der Waals surface area contributed by atoms with Crippen LogP contribution in [0, 0.1) is 0 Å². The van der Waals surface area contributed by atoms with Gasteiger partial charge in [0.15, 0.2) is 0 Å². The summed E-state index contributed by atoms with van der Waals surface area (Å²) in [5.41, 5.74) is 2.17. The summed E-state index contributed by atoms with van der Waals surface area (Å²) in [5, 5.41) is 8.16. The average Bonchev–Trinajstić information content (AvgIpc) is 2.48. The molecule has 0 spiro atoms. The summed E-state index contributed by atoms with van der Waals surface area (Å²) < 4.78 is 0. The normalized spacial score (nSPS) is 10.7. The minimum atomic E-state index is 0.976. The molecule has 108 valence electrons. The molecule has 2 rings (SSSR count). The fourth-order valence-electron chi connectivity index (χ4n) is 2.17. The lowest BCUT2D eigenvalue weighted by molar-refractivity contribution is 0.826. The Kier molecular flexibility index (Phi) is 5.66. The Morgan fingerprint density at radius 2 is 1.65 bits per heavy atom. The van der Waals surface area contributed by atoms with E-state index in [0.717, 1.165) is 30.1 Å². The standard InChI is InChI=1S/C17H25N3/c1-3-5-11-18-16-13-14-9-7-8-10-15(14)20-17(16)19-12-6-4-2/h7-10,13,18H,3-6,11-12H2,1-2H3,(H,19,20). The Labute approximate surface area is 121 Å². The number of pyridine rings is 1. The summed E-state index contributed by atoms with van der Waals surface area (Å²) >= 11 is 0. The van der Waals surface area contributed by atoms with Crippen LogP contribution < -0.4 is 10.6 Å². The Balaban J connectivity index is 2.21. The van der Waals surface area contributed by atoms with E-state index in [1.165, 1.54) is 31.1 Å². The van der Waals surface area contributed by atoms with E-state index in [1.54, 1.807) is 0 Å². The average molecular weight is 271 g/mol. The third-order valence-electron chi connectivity index (χ3n) is 3.39. The van der Waals surface area contributed by atoms with E-state index in [2.05, 4.69) is 48.7 Å². The molecule has 0 atom stereocenters. The van der Waals surface area contributed by atoms with Crippen molar-refractivity contribution in [2.45, 2.75) is 39.5 Å². The fourth-order valence-corrected chi connectivity index (χ4v) is 2.17. The zero-order chi connectivity index (χ0) is 14.2. The summed E-state index contributed by atoms with van der Waals surface area (Å²) in [6.45, 7) is 6.39. The monoisotopic (exact) mass is 271 g/mol. The first-order chi connectivity index (χ1) is 9.85. The van der Waals surface area contributed by atoms with E-state index in [0.29, 0.717) is 0 Å². The van der Waals surface area contributed by atoms with E-state index >= 15 is 0 Å². The van der Waals surface area contributed by atoms with Crippen molar-refractivity contribution in [1.82, 2.24) is 4.98 Å². The van der Waals surface area contributed by atoms with Crippen LogP contribution in [0.4, 0.5) is 11.5 Å². The van der Waals surface area contributed by atoms with Crippen LogP contribution in [0.25, 0.3) is 10.9 Å². The topological polar surface area (TPSA) is 37.0 Å². The van der Waals surface area contributed by atoms with Crippen LogP contribution in [0.15, 0.2) is 30.3 Å². The molecule has 0 fully saturated rings. The highest BCUT2D eigenvalue weighted by molar-refractivity contribution is 5.86. The molecule has 3 nitrogen and oxygen atoms in total. The second-order valence-electron chi connectivity index (χ2n) is 5.14. The van der Waals surface area contributed by atoms with Crippen molar-refractivity contribution in [3.05, 3.63) is 30.3 Å². The van der Waals surface area contributed by atoms with Gasteiger partial charge in [0.1, 0.15) is 5.82 Å². The van der Waals surface area contributed by atoms with E-state index in [9.17, 15) is 0 Å². The van der Waals surface area contributed by atoms with Crippen molar-refractivity contribution in [2.75, 3.05) is 23.7 Å². The molecule has 0 aliphatic rings. The Hall–Kier alpha value is -1.77. The highest BCUT2D eigenvalue weighted by Crippen LogP contribution is 2.25. The maximum atomic E-state index is 4.75. The SMILES string of the molecule is CCCCNc1cc2ccccc2nc1NCCCC. The molecule has 0 aliphatic carbocycles. The van der Waals surface area contributed by atoms with Gasteiger partial charge in [-0.2, -0.15) is 0 Å². The molecule has 2 N–H and O–H groups in total. The van der Waals surface area contributed by atoms with Crippen LogP contribution in [0.2, 0.25) is 0 Å². The summed E-state index contributed by atoms with van der Waals surface area (Å²) in [6.07, 6.45) is 4.75.